The molecular weight excluding hydrogens is 454 g/mol. The minimum atomic E-state index is -0.564. The predicted octanol–water partition coefficient (Wildman–Crippen LogP) is 6.02. The van der Waals surface area contributed by atoms with E-state index in [2.05, 4.69) is 19.2 Å². The first kappa shape index (κ1) is 25.7. The number of anilines is 1. The van der Waals surface area contributed by atoms with Gasteiger partial charge in [0.1, 0.15) is 11.3 Å². The molecule has 0 aliphatic carbocycles. The molecule has 1 aromatic carbocycles. The van der Waals surface area contributed by atoms with Crippen molar-refractivity contribution in [2.45, 2.75) is 85.3 Å². The molecule has 1 aliphatic heterocycles. The van der Waals surface area contributed by atoms with Crippen LogP contribution in [0.1, 0.15) is 82.0 Å². The third-order valence-electron chi connectivity index (χ3n) is 6.54. The Labute approximate surface area is 213 Å². The van der Waals surface area contributed by atoms with Gasteiger partial charge in [0.05, 0.1) is 5.69 Å². The smallest absolute Gasteiger partial charge is 0.412 e. The summed E-state index contributed by atoms with van der Waals surface area (Å²) in [6.45, 7) is 12.4. The standard InChI is InChI=1S/C28H37N5O3/c1-7-21-16-24(26(34)32-14-10-8-9-11-19(32)3)30-25-17-23(31-33(21)25)22-13-12-20(15-18(22)2)29-27(35)36-28(4,5)6/h12-13,15-17,19H,7-11,14H2,1-6H3,(H,29,35). The fourth-order valence-corrected chi connectivity index (χ4v) is 4.70. The summed E-state index contributed by atoms with van der Waals surface area (Å²) in [6, 6.07) is 9.68. The second kappa shape index (κ2) is 10.3. The number of hydrogen-bond donors (Lipinski definition) is 1. The van der Waals surface area contributed by atoms with E-state index < -0.39 is 11.7 Å². The van der Waals surface area contributed by atoms with Gasteiger partial charge in [-0.3, -0.25) is 10.1 Å². The summed E-state index contributed by atoms with van der Waals surface area (Å²) >= 11 is 0. The molecule has 2 aromatic heterocycles. The number of amides is 2. The van der Waals surface area contributed by atoms with E-state index in [-0.39, 0.29) is 11.9 Å². The van der Waals surface area contributed by atoms with E-state index in [1.165, 1.54) is 0 Å². The van der Waals surface area contributed by atoms with Crippen LogP contribution in [0, 0.1) is 6.92 Å². The molecule has 8 heteroatoms. The third kappa shape index (κ3) is 5.69. The number of nitrogens with one attached hydrogen (secondary N) is 1. The largest absolute Gasteiger partial charge is 0.444 e. The maximum atomic E-state index is 13.4. The van der Waals surface area contributed by atoms with Crippen molar-refractivity contribution < 1.29 is 14.3 Å². The Bertz CT molecular complexity index is 1270. The van der Waals surface area contributed by atoms with Crippen LogP contribution in [0.25, 0.3) is 16.9 Å². The first-order chi connectivity index (χ1) is 17.1. The minimum Gasteiger partial charge on any atom is -0.444 e. The van der Waals surface area contributed by atoms with E-state index in [1.807, 2.05) is 67.4 Å². The van der Waals surface area contributed by atoms with Crippen molar-refractivity contribution in [3.63, 3.8) is 0 Å². The molecule has 1 unspecified atom stereocenters. The van der Waals surface area contributed by atoms with Gasteiger partial charge in [-0.2, -0.15) is 5.10 Å². The molecule has 3 heterocycles. The van der Waals surface area contributed by atoms with Crippen LogP contribution >= 0.6 is 0 Å². The highest BCUT2D eigenvalue weighted by Crippen LogP contribution is 2.27. The van der Waals surface area contributed by atoms with Crippen molar-refractivity contribution in [2.75, 3.05) is 11.9 Å². The number of carbonyl (C=O) groups is 2. The fourth-order valence-electron chi connectivity index (χ4n) is 4.70. The summed E-state index contributed by atoms with van der Waals surface area (Å²) < 4.78 is 7.17. The number of likely N-dealkylation sites (tertiary alicyclic amines) is 1. The molecule has 4 rings (SSSR count). The van der Waals surface area contributed by atoms with E-state index in [1.54, 1.807) is 0 Å². The molecule has 8 nitrogen and oxygen atoms in total. The maximum absolute atomic E-state index is 13.4. The van der Waals surface area contributed by atoms with Gasteiger partial charge in [0.2, 0.25) is 0 Å². The van der Waals surface area contributed by atoms with Gasteiger partial charge >= 0.3 is 6.09 Å². The van der Waals surface area contributed by atoms with E-state index >= 15 is 0 Å². The number of benzene rings is 1. The van der Waals surface area contributed by atoms with Crippen molar-refractivity contribution >= 4 is 23.3 Å². The molecule has 0 saturated carbocycles. The summed E-state index contributed by atoms with van der Waals surface area (Å²) in [5, 5.41) is 7.59. The Morgan fingerprint density at radius 3 is 2.61 bits per heavy atom. The number of aromatic nitrogens is 3. The van der Waals surface area contributed by atoms with Crippen molar-refractivity contribution in [1.82, 2.24) is 19.5 Å². The average Bonchev–Trinajstić information content (AvgIpc) is 3.11. The molecule has 36 heavy (non-hydrogen) atoms. The zero-order valence-corrected chi connectivity index (χ0v) is 22.2. The van der Waals surface area contributed by atoms with Gasteiger partial charge in [0, 0.05) is 35.6 Å². The second-order valence-corrected chi connectivity index (χ2v) is 10.6. The minimum absolute atomic E-state index is 0.00176. The lowest BCUT2D eigenvalue weighted by Gasteiger charge is -2.27. The van der Waals surface area contributed by atoms with Gasteiger partial charge in [-0.25, -0.2) is 14.3 Å². The Balaban J connectivity index is 1.63. The van der Waals surface area contributed by atoms with Crippen molar-refractivity contribution in [2.24, 2.45) is 0 Å². The van der Waals surface area contributed by atoms with E-state index in [9.17, 15) is 9.59 Å². The lowest BCUT2D eigenvalue weighted by Crippen LogP contribution is -2.38. The number of aryl methyl sites for hydroxylation is 2. The van der Waals surface area contributed by atoms with Crippen molar-refractivity contribution in [3.8, 4) is 11.3 Å². The number of hydrogen-bond acceptors (Lipinski definition) is 5. The highest BCUT2D eigenvalue weighted by Gasteiger charge is 2.25. The molecule has 192 valence electrons. The van der Waals surface area contributed by atoms with Crippen LogP contribution in [-0.2, 0) is 11.2 Å². The van der Waals surface area contributed by atoms with Gasteiger partial charge in [0.15, 0.2) is 5.65 Å². The molecule has 1 aliphatic rings. The zero-order valence-electron chi connectivity index (χ0n) is 22.2. The van der Waals surface area contributed by atoms with Crippen LogP contribution in [0.3, 0.4) is 0 Å². The Hall–Kier alpha value is -3.42. The van der Waals surface area contributed by atoms with E-state index in [4.69, 9.17) is 14.8 Å². The van der Waals surface area contributed by atoms with Crippen LogP contribution in [0.4, 0.5) is 10.5 Å². The predicted molar refractivity (Wildman–Crippen MR) is 141 cm³/mol. The second-order valence-electron chi connectivity index (χ2n) is 10.6. The van der Waals surface area contributed by atoms with Crippen LogP contribution in [0.2, 0.25) is 0 Å². The lowest BCUT2D eigenvalue weighted by molar-refractivity contribution is 0.0634. The molecular formula is C28H37N5O3. The van der Waals surface area contributed by atoms with Crippen molar-refractivity contribution in [3.05, 3.63) is 47.3 Å². The monoisotopic (exact) mass is 491 g/mol. The van der Waals surface area contributed by atoms with Gasteiger partial charge in [-0.05, 0) is 77.6 Å². The van der Waals surface area contributed by atoms with E-state index in [0.717, 1.165) is 61.2 Å². The number of rotatable bonds is 4. The SMILES string of the molecule is CCc1cc(C(=O)N2CCCCCC2C)nc2cc(-c3ccc(NC(=O)OC(C)(C)C)cc3C)nn12. The quantitative estimate of drug-likeness (QED) is 0.482. The molecule has 2 amide bonds. The molecule has 1 N–H and O–H groups in total. The van der Waals surface area contributed by atoms with Crippen LogP contribution < -0.4 is 5.32 Å². The van der Waals surface area contributed by atoms with Crippen LogP contribution in [0.5, 0.6) is 0 Å². The molecule has 1 saturated heterocycles. The summed E-state index contributed by atoms with van der Waals surface area (Å²) in [4.78, 5) is 32.2. The Kier molecular flexibility index (Phi) is 7.33. The number of carbonyl (C=O) groups excluding carboxylic acids is 2. The summed E-state index contributed by atoms with van der Waals surface area (Å²) in [6.07, 6.45) is 4.63. The highest BCUT2D eigenvalue weighted by molar-refractivity contribution is 5.93. The topological polar surface area (TPSA) is 88.8 Å². The molecule has 0 bridgehead atoms. The first-order valence-corrected chi connectivity index (χ1v) is 12.9. The normalized spacial score (nSPS) is 16.6. The maximum Gasteiger partial charge on any atom is 0.412 e. The van der Waals surface area contributed by atoms with Gasteiger partial charge in [-0.1, -0.05) is 25.8 Å². The zero-order chi connectivity index (χ0) is 26.0. The summed E-state index contributed by atoms with van der Waals surface area (Å²) in [5.41, 5.74) is 4.83. The Morgan fingerprint density at radius 2 is 1.92 bits per heavy atom. The Morgan fingerprint density at radius 1 is 1.14 bits per heavy atom. The van der Waals surface area contributed by atoms with Gasteiger partial charge in [0.25, 0.3) is 5.91 Å². The molecule has 3 aromatic rings. The molecule has 1 fully saturated rings. The number of nitrogens with zero attached hydrogens (tertiary/aromatic N) is 4. The average molecular weight is 492 g/mol. The van der Waals surface area contributed by atoms with Gasteiger partial charge < -0.3 is 9.64 Å². The third-order valence-corrected chi connectivity index (χ3v) is 6.54. The highest BCUT2D eigenvalue weighted by atomic mass is 16.6. The summed E-state index contributed by atoms with van der Waals surface area (Å²) in [5.74, 6) is -0.00176. The molecule has 1 atom stereocenters. The first-order valence-electron chi connectivity index (χ1n) is 12.9. The fraction of sp³-hybridized carbons (Fsp3) is 0.500. The van der Waals surface area contributed by atoms with Crippen LogP contribution in [0.15, 0.2) is 30.3 Å². The van der Waals surface area contributed by atoms with Crippen molar-refractivity contribution in [1.29, 1.82) is 0 Å². The number of ether oxygens (including phenoxy) is 1. The van der Waals surface area contributed by atoms with E-state index in [0.29, 0.717) is 17.0 Å². The van der Waals surface area contributed by atoms with Gasteiger partial charge in [-0.15, -0.1) is 0 Å². The molecule has 0 radical (unpaired) electrons. The summed E-state index contributed by atoms with van der Waals surface area (Å²) in [7, 11) is 0. The lowest BCUT2D eigenvalue weighted by atomic mass is 10.1. The molecule has 0 spiro atoms. The number of fused-ring (bicyclic) bond motifs is 1. The van der Waals surface area contributed by atoms with Crippen LogP contribution in [-0.4, -0.2) is 49.7 Å².